The quantitative estimate of drug-likeness (QED) is 0.805. The van der Waals surface area contributed by atoms with Crippen LogP contribution in [0.15, 0.2) is 0 Å². The maximum absolute atomic E-state index is 12.0. The lowest BCUT2D eigenvalue weighted by molar-refractivity contribution is -0.135. The monoisotopic (exact) mass is 284 g/mol. The highest BCUT2D eigenvalue weighted by Gasteiger charge is 2.26. The molecule has 2 amide bonds. The van der Waals surface area contributed by atoms with Crippen molar-refractivity contribution in [2.45, 2.75) is 64.7 Å². The van der Waals surface area contributed by atoms with Crippen LogP contribution in [0.3, 0.4) is 0 Å². The van der Waals surface area contributed by atoms with Gasteiger partial charge < -0.3 is 15.0 Å². The molecule has 116 valence electrons. The highest BCUT2D eigenvalue weighted by Crippen LogP contribution is 2.22. The van der Waals surface area contributed by atoms with Gasteiger partial charge in [-0.1, -0.05) is 13.8 Å². The molecule has 5 heteroatoms. The largest absolute Gasteiger partial charge is 0.375 e. The van der Waals surface area contributed by atoms with Gasteiger partial charge in [-0.05, 0) is 32.1 Å². The second kappa shape index (κ2) is 7.62. The van der Waals surface area contributed by atoms with Gasteiger partial charge in [-0.3, -0.25) is 9.59 Å². The number of nitrogens with one attached hydrogen (secondary N) is 1. The number of likely N-dealkylation sites (N-methyl/N-ethyl adjacent to an activating group) is 1. The maximum Gasteiger partial charge on any atom is 0.244 e. The van der Waals surface area contributed by atoms with Gasteiger partial charge in [-0.15, -0.1) is 0 Å². The molecule has 1 aliphatic rings. The average Bonchev–Trinajstić information content (AvgIpc) is 2.78. The molecule has 0 aromatic rings. The molecule has 0 radical (unpaired) electrons. The topological polar surface area (TPSA) is 58.6 Å². The highest BCUT2D eigenvalue weighted by molar-refractivity contribution is 5.87. The fraction of sp³-hybridized carbons (Fsp3) is 0.867. The molecule has 20 heavy (non-hydrogen) atoms. The minimum Gasteiger partial charge on any atom is -0.375 e. The van der Waals surface area contributed by atoms with Crippen molar-refractivity contribution in [1.29, 1.82) is 0 Å². The molecule has 0 unspecified atom stereocenters. The second-order valence-electron chi connectivity index (χ2n) is 6.21. The molecular formula is C15H28N2O3. The van der Waals surface area contributed by atoms with E-state index in [1.807, 2.05) is 13.8 Å². The summed E-state index contributed by atoms with van der Waals surface area (Å²) in [6.45, 7) is 5.94. The lowest BCUT2D eigenvalue weighted by Gasteiger charge is -2.24. The van der Waals surface area contributed by atoms with Crippen molar-refractivity contribution in [2.75, 3.05) is 14.1 Å². The fourth-order valence-corrected chi connectivity index (χ4v) is 2.43. The summed E-state index contributed by atoms with van der Waals surface area (Å²) in [7, 11) is 3.41. The molecule has 0 aromatic heterocycles. The number of hydrogen-bond acceptors (Lipinski definition) is 3. The van der Waals surface area contributed by atoms with Crippen molar-refractivity contribution in [3.63, 3.8) is 0 Å². The number of nitrogens with zero attached hydrogens (tertiary/aromatic N) is 1. The van der Waals surface area contributed by atoms with Gasteiger partial charge in [0.2, 0.25) is 11.8 Å². The standard InChI is InChI=1S/C15H28N2O3/c1-10(2)14(15(19)17(4)5)16-13(18)9-8-12-7-6-11(3)20-12/h10-12,14H,6-9H2,1-5H3,(H,16,18)/t11-,12-,14+/m1/s1. The third-order valence-corrected chi connectivity index (χ3v) is 3.70. The van der Waals surface area contributed by atoms with Crippen LogP contribution in [-0.4, -0.2) is 49.1 Å². The van der Waals surface area contributed by atoms with Crippen LogP contribution in [0.25, 0.3) is 0 Å². The van der Waals surface area contributed by atoms with Gasteiger partial charge >= 0.3 is 0 Å². The van der Waals surface area contributed by atoms with E-state index in [1.165, 1.54) is 4.90 Å². The Morgan fingerprint density at radius 3 is 2.40 bits per heavy atom. The van der Waals surface area contributed by atoms with Crippen molar-refractivity contribution < 1.29 is 14.3 Å². The van der Waals surface area contributed by atoms with E-state index in [-0.39, 0.29) is 23.8 Å². The highest BCUT2D eigenvalue weighted by atomic mass is 16.5. The van der Waals surface area contributed by atoms with Gasteiger partial charge in [0.25, 0.3) is 0 Å². The second-order valence-corrected chi connectivity index (χ2v) is 6.21. The molecule has 3 atom stereocenters. The van der Waals surface area contributed by atoms with E-state index < -0.39 is 6.04 Å². The molecule has 1 saturated heterocycles. The first-order valence-electron chi connectivity index (χ1n) is 7.47. The number of amides is 2. The summed E-state index contributed by atoms with van der Waals surface area (Å²) in [6, 6.07) is -0.444. The van der Waals surface area contributed by atoms with Crippen LogP contribution < -0.4 is 5.32 Å². The van der Waals surface area contributed by atoms with E-state index in [1.54, 1.807) is 14.1 Å². The molecule has 0 aliphatic carbocycles. The van der Waals surface area contributed by atoms with Crippen molar-refractivity contribution in [3.05, 3.63) is 0 Å². The van der Waals surface area contributed by atoms with E-state index in [0.717, 1.165) is 19.3 Å². The predicted octanol–water partition coefficient (Wildman–Crippen LogP) is 1.56. The van der Waals surface area contributed by atoms with Crippen molar-refractivity contribution in [1.82, 2.24) is 10.2 Å². The summed E-state index contributed by atoms with van der Waals surface area (Å²) in [4.78, 5) is 25.5. The Hall–Kier alpha value is -1.10. The predicted molar refractivity (Wildman–Crippen MR) is 78.3 cm³/mol. The lowest BCUT2D eigenvalue weighted by Crippen LogP contribution is -2.49. The summed E-state index contributed by atoms with van der Waals surface area (Å²) in [6.07, 6.45) is 3.75. The van der Waals surface area contributed by atoms with Gasteiger partial charge in [0, 0.05) is 20.5 Å². The number of ether oxygens (including phenoxy) is 1. The van der Waals surface area contributed by atoms with Gasteiger partial charge in [0.05, 0.1) is 12.2 Å². The van der Waals surface area contributed by atoms with Gasteiger partial charge in [0.15, 0.2) is 0 Å². The Bertz CT molecular complexity index is 342. The van der Waals surface area contributed by atoms with E-state index in [9.17, 15) is 9.59 Å². The van der Waals surface area contributed by atoms with E-state index in [0.29, 0.717) is 12.5 Å². The third-order valence-electron chi connectivity index (χ3n) is 3.70. The Kier molecular flexibility index (Phi) is 6.46. The molecular weight excluding hydrogens is 256 g/mol. The van der Waals surface area contributed by atoms with Gasteiger partial charge in [-0.25, -0.2) is 0 Å². The summed E-state index contributed by atoms with van der Waals surface area (Å²) >= 11 is 0. The Labute approximate surface area is 122 Å². The Morgan fingerprint density at radius 1 is 1.30 bits per heavy atom. The Balaban J connectivity index is 2.40. The van der Waals surface area contributed by atoms with Gasteiger partial charge in [0.1, 0.15) is 6.04 Å². The zero-order valence-electron chi connectivity index (χ0n) is 13.3. The van der Waals surface area contributed by atoms with Crippen LogP contribution >= 0.6 is 0 Å². The Morgan fingerprint density at radius 2 is 1.95 bits per heavy atom. The van der Waals surface area contributed by atoms with Crippen LogP contribution in [0.1, 0.15) is 46.5 Å². The van der Waals surface area contributed by atoms with E-state index in [2.05, 4.69) is 12.2 Å². The molecule has 1 fully saturated rings. The molecule has 0 aromatic carbocycles. The molecule has 0 bridgehead atoms. The van der Waals surface area contributed by atoms with Crippen molar-refractivity contribution >= 4 is 11.8 Å². The lowest BCUT2D eigenvalue weighted by atomic mass is 10.0. The minimum absolute atomic E-state index is 0.0564. The summed E-state index contributed by atoms with van der Waals surface area (Å²) < 4.78 is 5.69. The molecule has 0 spiro atoms. The molecule has 1 N–H and O–H groups in total. The third kappa shape index (κ3) is 5.12. The molecule has 1 aliphatic heterocycles. The number of rotatable bonds is 6. The minimum atomic E-state index is -0.444. The van der Waals surface area contributed by atoms with E-state index in [4.69, 9.17) is 4.74 Å². The van der Waals surface area contributed by atoms with Gasteiger partial charge in [-0.2, -0.15) is 0 Å². The van der Waals surface area contributed by atoms with Crippen LogP contribution in [-0.2, 0) is 14.3 Å². The zero-order valence-corrected chi connectivity index (χ0v) is 13.3. The molecule has 1 heterocycles. The first-order chi connectivity index (χ1) is 9.31. The molecule has 5 nitrogen and oxygen atoms in total. The van der Waals surface area contributed by atoms with Crippen LogP contribution in [0.5, 0.6) is 0 Å². The van der Waals surface area contributed by atoms with E-state index >= 15 is 0 Å². The van der Waals surface area contributed by atoms with Crippen molar-refractivity contribution in [2.24, 2.45) is 5.92 Å². The normalized spacial score (nSPS) is 23.7. The maximum atomic E-state index is 12.0. The van der Waals surface area contributed by atoms with Crippen molar-refractivity contribution in [3.8, 4) is 0 Å². The van der Waals surface area contributed by atoms with Crippen LogP contribution in [0.2, 0.25) is 0 Å². The number of carbonyl (C=O) groups excluding carboxylic acids is 2. The fourth-order valence-electron chi connectivity index (χ4n) is 2.43. The average molecular weight is 284 g/mol. The molecule has 0 saturated carbocycles. The number of carbonyl (C=O) groups is 2. The number of hydrogen-bond donors (Lipinski definition) is 1. The zero-order chi connectivity index (χ0) is 15.3. The van der Waals surface area contributed by atoms with Crippen LogP contribution in [0, 0.1) is 5.92 Å². The molecule has 1 rings (SSSR count). The first kappa shape index (κ1) is 17.0. The summed E-state index contributed by atoms with van der Waals surface area (Å²) in [5.41, 5.74) is 0. The summed E-state index contributed by atoms with van der Waals surface area (Å²) in [5.74, 6) is -0.0438. The van der Waals surface area contributed by atoms with Crippen LogP contribution in [0.4, 0.5) is 0 Å². The smallest absolute Gasteiger partial charge is 0.244 e. The SMILES string of the molecule is CC(C)[C@H](NC(=O)CC[C@H]1CC[C@@H](C)O1)C(=O)N(C)C. The first-order valence-corrected chi connectivity index (χ1v) is 7.47. The summed E-state index contributed by atoms with van der Waals surface area (Å²) in [5, 5.41) is 2.85.